The van der Waals surface area contributed by atoms with E-state index in [4.69, 9.17) is 42.2 Å². The number of unbranched alkanes of at least 4 members (excludes halogenated alkanes) is 40. The summed E-state index contributed by atoms with van der Waals surface area (Å²) in [6, 6.07) is 0. The van der Waals surface area contributed by atoms with Crippen LogP contribution in [0.4, 0.5) is 0 Å². The summed E-state index contributed by atoms with van der Waals surface area (Å²) in [7, 11) is -5.69. The highest BCUT2D eigenvalue weighted by Gasteiger charge is 2.58. The molecule has 0 amide bonds. The molecule has 0 aromatic carbocycles. The zero-order valence-electron chi connectivity index (χ0n) is 60.3. The fourth-order valence-corrected chi connectivity index (χ4v) is 14.0. The Kier molecular flexibility index (Phi) is 51.0. The Morgan fingerprint density at radius 1 is 0.357 bits per heavy atom. The average Bonchev–Trinajstić information content (AvgIpc) is 0.763. The van der Waals surface area contributed by atoms with Gasteiger partial charge in [0.1, 0.15) is 98.7 Å². The molecule has 18 unspecified atom stereocenters. The van der Waals surface area contributed by atoms with Gasteiger partial charge in [-0.25, -0.2) is 4.57 Å². The number of ether oxygens (including phenoxy) is 7. The maximum Gasteiger partial charge on any atom is 0.472 e. The molecule has 0 aromatic heterocycles. The molecular formula is C73H137O24P. The van der Waals surface area contributed by atoms with Gasteiger partial charge in [-0.15, -0.1) is 0 Å². The van der Waals surface area contributed by atoms with Gasteiger partial charge in [0.15, 0.2) is 18.7 Å². The van der Waals surface area contributed by atoms with Gasteiger partial charge in [-0.05, 0) is 19.3 Å². The number of esters is 3. The molecule has 0 radical (unpaired) electrons. The second-order valence-electron chi connectivity index (χ2n) is 28.1. The minimum Gasteiger partial charge on any atom is -0.463 e. The molecule has 3 fully saturated rings. The highest BCUT2D eigenvalue weighted by molar-refractivity contribution is 7.47. The molecule has 98 heavy (non-hydrogen) atoms. The first-order valence-electron chi connectivity index (χ1n) is 38.8. The highest BCUT2D eigenvalue weighted by Crippen LogP contribution is 2.49. The molecular weight excluding hydrogens is 1290 g/mol. The first kappa shape index (κ1) is 90.2. The van der Waals surface area contributed by atoms with Crippen LogP contribution in [0.3, 0.4) is 0 Å². The van der Waals surface area contributed by atoms with E-state index in [0.717, 1.165) is 89.9 Å². The first-order chi connectivity index (χ1) is 47.3. The Hall–Kier alpha value is -2.04. The van der Waals surface area contributed by atoms with Crippen LogP contribution in [0.2, 0.25) is 0 Å². The largest absolute Gasteiger partial charge is 0.472 e. The monoisotopic (exact) mass is 1430 g/mol. The van der Waals surface area contributed by atoms with Crippen molar-refractivity contribution >= 4 is 25.7 Å². The van der Waals surface area contributed by atoms with Crippen LogP contribution in [-0.4, -0.2) is 204 Å². The van der Waals surface area contributed by atoms with E-state index >= 15 is 0 Å². The topological polar surface area (TPSA) is 374 Å². The van der Waals surface area contributed by atoms with Crippen molar-refractivity contribution < 1.29 is 117 Å². The molecule has 11 N–H and O–H groups in total. The Morgan fingerprint density at radius 2 is 0.653 bits per heavy atom. The Morgan fingerprint density at radius 3 is 1.00 bits per heavy atom. The van der Waals surface area contributed by atoms with Gasteiger partial charge in [-0.2, -0.15) is 0 Å². The van der Waals surface area contributed by atoms with E-state index in [0.29, 0.717) is 19.3 Å². The average molecular weight is 1430 g/mol. The third-order valence-corrected chi connectivity index (χ3v) is 20.4. The van der Waals surface area contributed by atoms with Gasteiger partial charge in [0.2, 0.25) is 0 Å². The summed E-state index contributed by atoms with van der Waals surface area (Å²) in [6.45, 7) is 3.48. The molecule has 1 saturated carbocycles. The fourth-order valence-electron chi connectivity index (χ4n) is 13.1. The van der Waals surface area contributed by atoms with E-state index in [1.807, 2.05) is 0 Å². The second kappa shape index (κ2) is 55.4. The molecule has 0 spiro atoms. The van der Waals surface area contributed by atoms with E-state index in [2.05, 4.69) is 20.8 Å². The van der Waals surface area contributed by atoms with E-state index in [1.54, 1.807) is 0 Å². The van der Waals surface area contributed by atoms with Gasteiger partial charge in [0.05, 0.1) is 13.2 Å². The van der Waals surface area contributed by atoms with Crippen molar-refractivity contribution in [1.29, 1.82) is 0 Å². The molecule has 0 bridgehead atoms. The van der Waals surface area contributed by atoms with Gasteiger partial charge >= 0.3 is 25.7 Å². The van der Waals surface area contributed by atoms with Crippen LogP contribution in [0.25, 0.3) is 0 Å². The number of carbonyl (C=O) groups excluding carboxylic acids is 3. The van der Waals surface area contributed by atoms with Crippen LogP contribution in [0.15, 0.2) is 0 Å². The first-order valence-corrected chi connectivity index (χ1v) is 40.3. The van der Waals surface area contributed by atoms with Crippen molar-refractivity contribution in [3.05, 3.63) is 0 Å². The lowest BCUT2D eigenvalue weighted by atomic mass is 9.84. The van der Waals surface area contributed by atoms with Gasteiger partial charge in [-0.3, -0.25) is 23.4 Å². The predicted molar refractivity (Wildman–Crippen MR) is 370 cm³/mol. The summed E-state index contributed by atoms with van der Waals surface area (Å²) < 4.78 is 65.1. The molecule has 2 saturated heterocycles. The Bertz CT molecular complexity index is 2030. The number of rotatable bonds is 61. The maximum atomic E-state index is 14.3. The molecule has 0 aromatic rings. The minimum atomic E-state index is -5.69. The molecule has 578 valence electrons. The number of aliphatic hydroxyl groups is 10. The molecule has 2 aliphatic heterocycles. The molecule has 3 rings (SSSR count). The van der Waals surface area contributed by atoms with E-state index < -0.39 is 156 Å². The zero-order chi connectivity index (χ0) is 71.8. The molecule has 25 heteroatoms. The van der Waals surface area contributed by atoms with Crippen molar-refractivity contribution in [2.75, 3.05) is 26.4 Å². The van der Waals surface area contributed by atoms with Crippen LogP contribution in [0.5, 0.6) is 0 Å². The van der Waals surface area contributed by atoms with E-state index in [-0.39, 0.29) is 19.3 Å². The van der Waals surface area contributed by atoms with Crippen molar-refractivity contribution in [3.63, 3.8) is 0 Å². The summed E-state index contributed by atoms with van der Waals surface area (Å²) in [5, 5.41) is 110. The second-order valence-corrected chi connectivity index (χ2v) is 29.5. The van der Waals surface area contributed by atoms with Gasteiger partial charge in [0, 0.05) is 19.3 Å². The summed E-state index contributed by atoms with van der Waals surface area (Å²) in [6.07, 6.45) is 13.0. The maximum absolute atomic E-state index is 14.3. The van der Waals surface area contributed by atoms with Crippen LogP contribution < -0.4 is 0 Å². The third-order valence-electron chi connectivity index (χ3n) is 19.4. The summed E-state index contributed by atoms with van der Waals surface area (Å²) in [5.41, 5.74) is 0. The number of aliphatic hydroxyl groups excluding tert-OH is 10. The van der Waals surface area contributed by atoms with Crippen molar-refractivity contribution in [2.24, 2.45) is 0 Å². The van der Waals surface area contributed by atoms with Gasteiger partial charge < -0.3 is 89.1 Å². The van der Waals surface area contributed by atoms with Crippen molar-refractivity contribution in [3.8, 4) is 0 Å². The lowest BCUT2D eigenvalue weighted by Gasteiger charge is -2.49. The molecule has 18 atom stereocenters. The number of hydrogen-bond acceptors (Lipinski definition) is 23. The van der Waals surface area contributed by atoms with E-state index in [1.165, 1.54) is 167 Å². The predicted octanol–water partition coefficient (Wildman–Crippen LogP) is 11.0. The quantitative estimate of drug-likeness (QED) is 0.0117. The van der Waals surface area contributed by atoms with Crippen LogP contribution >= 0.6 is 7.82 Å². The Labute approximate surface area is 587 Å². The van der Waals surface area contributed by atoms with Crippen LogP contribution in [0, 0.1) is 0 Å². The number of hydrogen-bond donors (Lipinski definition) is 11. The summed E-state index contributed by atoms with van der Waals surface area (Å²) in [5.74, 6) is -1.97. The van der Waals surface area contributed by atoms with Crippen LogP contribution in [-0.2, 0) is 61.2 Å². The normalized spacial score (nSPS) is 27.6. The number of phosphoric ester groups is 1. The van der Waals surface area contributed by atoms with Gasteiger partial charge in [-0.1, -0.05) is 278 Å². The van der Waals surface area contributed by atoms with Gasteiger partial charge in [0.25, 0.3) is 0 Å². The summed E-state index contributed by atoms with van der Waals surface area (Å²) in [4.78, 5) is 51.0. The van der Waals surface area contributed by atoms with Crippen molar-refractivity contribution in [1.82, 2.24) is 0 Å². The Balaban J connectivity index is 1.71. The van der Waals surface area contributed by atoms with Crippen LogP contribution in [0.1, 0.15) is 316 Å². The van der Waals surface area contributed by atoms with E-state index in [9.17, 15) is 74.9 Å². The summed E-state index contributed by atoms with van der Waals surface area (Å²) >= 11 is 0. The zero-order valence-corrected chi connectivity index (χ0v) is 61.2. The molecule has 1 aliphatic carbocycles. The third kappa shape index (κ3) is 38.1. The SMILES string of the molecule is CCCCCCCCCCCCCCCCCCCC(=O)OCC1OC(OC2C(O)C(O)C(O)C(OC3OC(CO)C(O)C(O)C3O)C2OP(=O)(O)OCC(COC(=O)CCCCCCCCCCCCCCC)OC(=O)CCCCCCCCCCCCCCC)C(O)C(O)C1O. The molecule has 24 nitrogen and oxygen atoms in total. The molecule has 3 aliphatic rings. The smallest absolute Gasteiger partial charge is 0.463 e. The highest BCUT2D eigenvalue weighted by atomic mass is 31.2. The lowest BCUT2D eigenvalue weighted by molar-refractivity contribution is -0.360. The molecule has 2 heterocycles. The minimum absolute atomic E-state index is 0.0334. The lowest BCUT2D eigenvalue weighted by Crippen LogP contribution is -2.69. The fraction of sp³-hybridized carbons (Fsp3) is 0.959. The number of carbonyl (C=O) groups is 3. The standard InChI is InChI=1S/C73H137O24P/c1-4-7-10-13-16-19-22-25-26-27-28-31-33-36-39-42-45-48-58(76)90-53-56-61(79)63(81)68(86)73(94-56)96-70-66(84)64(82)65(83)69(95-72-67(85)62(80)60(78)55(50-74)93-72)71(70)97-98(87,88)91-52-54(92-59(77)49-46-43-40-37-34-30-24-21-18-15-12-9-6-3)51-89-57(75)47-44-41-38-35-32-29-23-20-17-14-11-8-5-2/h54-56,60-74,78-86H,4-53H2,1-3H3,(H,87,88). The van der Waals surface area contributed by atoms with Crippen molar-refractivity contribution in [2.45, 2.75) is 420 Å². The number of phosphoric acid groups is 1.